The molecule has 1 aliphatic heterocycles. The highest BCUT2D eigenvalue weighted by molar-refractivity contribution is 5.93. The zero-order chi connectivity index (χ0) is 17.4. The maximum atomic E-state index is 13.1. The van der Waals surface area contributed by atoms with E-state index < -0.39 is 0 Å². The summed E-state index contributed by atoms with van der Waals surface area (Å²) in [6, 6.07) is 12.1. The fourth-order valence-electron chi connectivity index (χ4n) is 3.54. The first-order chi connectivity index (χ1) is 12.2. The number of pyridine rings is 1. The number of fused-ring (bicyclic) bond motifs is 1. The van der Waals surface area contributed by atoms with Crippen LogP contribution in [0.2, 0.25) is 0 Å². The summed E-state index contributed by atoms with van der Waals surface area (Å²) in [5.74, 6) is 0.812. The number of hydrogen-bond donors (Lipinski definition) is 0. The third-order valence-corrected chi connectivity index (χ3v) is 4.83. The van der Waals surface area contributed by atoms with Crippen molar-refractivity contribution in [2.24, 2.45) is 0 Å². The number of benzene rings is 1. The predicted octanol–water partition coefficient (Wildman–Crippen LogP) is 3.63. The van der Waals surface area contributed by atoms with E-state index in [1.54, 1.807) is 7.11 Å². The van der Waals surface area contributed by atoms with Crippen molar-refractivity contribution in [2.75, 3.05) is 13.7 Å². The molecule has 0 radical (unpaired) electrons. The van der Waals surface area contributed by atoms with Crippen molar-refractivity contribution in [1.29, 1.82) is 0 Å². The predicted molar refractivity (Wildman–Crippen MR) is 95.9 cm³/mol. The molecule has 128 valence electrons. The van der Waals surface area contributed by atoms with Gasteiger partial charge in [0.1, 0.15) is 17.1 Å². The lowest BCUT2D eigenvalue weighted by Crippen LogP contribution is -2.30. The standard InChI is InChI=1S/C20H21N3O2/c1-14-8-10-22-13-17(21-19(22)11-14)20(24)23-9-4-7-18(23)15-5-3-6-16(12-15)25-2/h3,5-6,8,10-13,18H,4,7,9H2,1-2H3. The zero-order valence-electron chi connectivity index (χ0n) is 14.5. The van der Waals surface area contributed by atoms with Gasteiger partial charge in [0, 0.05) is 18.9 Å². The van der Waals surface area contributed by atoms with Gasteiger partial charge in [0.05, 0.1) is 13.2 Å². The van der Waals surface area contributed by atoms with Gasteiger partial charge in [-0.3, -0.25) is 4.79 Å². The molecule has 2 aromatic heterocycles. The number of ether oxygens (including phenoxy) is 1. The van der Waals surface area contributed by atoms with E-state index in [1.807, 2.05) is 58.9 Å². The van der Waals surface area contributed by atoms with Crippen LogP contribution in [-0.2, 0) is 0 Å². The van der Waals surface area contributed by atoms with Crippen LogP contribution in [0.3, 0.4) is 0 Å². The molecule has 0 aliphatic carbocycles. The van der Waals surface area contributed by atoms with Crippen LogP contribution < -0.4 is 4.74 Å². The first-order valence-electron chi connectivity index (χ1n) is 8.56. The molecule has 1 fully saturated rings. The van der Waals surface area contributed by atoms with Gasteiger partial charge in [0.15, 0.2) is 0 Å². The molecule has 1 unspecified atom stereocenters. The van der Waals surface area contributed by atoms with Gasteiger partial charge in [-0.25, -0.2) is 4.98 Å². The second-order valence-corrected chi connectivity index (χ2v) is 6.53. The van der Waals surface area contributed by atoms with E-state index in [-0.39, 0.29) is 11.9 Å². The Hall–Kier alpha value is -2.82. The van der Waals surface area contributed by atoms with E-state index >= 15 is 0 Å². The second kappa shape index (κ2) is 6.24. The molecular formula is C20H21N3O2. The summed E-state index contributed by atoms with van der Waals surface area (Å²) >= 11 is 0. The number of amides is 1. The fraction of sp³-hybridized carbons (Fsp3) is 0.300. The molecule has 5 heteroatoms. The van der Waals surface area contributed by atoms with Crippen molar-refractivity contribution in [1.82, 2.24) is 14.3 Å². The molecule has 3 aromatic rings. The van der Waals surface area contributed by atoms with E-state index in [1.165, 1.54) is 0 Å². The molecule has 3 heterocycles. The lowest BCUT2D eigenvalue weighted by Gasteiger charge is -2.24. The van der Waals surface area contributed by atoms with Crippen LogP contribution >= 0.6 is 0 Å². The van der Waals surface area contributed by atoms with Gasteiger partial charge in [0.2, 0.25) is 0 Å². The highest BCUT2D eigenvalue weighted by Crippen LogP contribution is 2.34. The normalized spacial score (nSPS) is 17.2. The van der Waals surface area contributed by atoms with Crippen molar-refractivity contribution in [2.45, 2.75) is 25.8 Å². The first-order valence-corrected chi connectivity index (χ1v) is 8.56. The number of carbonyl (C=O) groups is 1. The summed E-state index contributed by atoms with van der Waals surface area (Å²) in [4.78, 5) is 19.5. The van der Waals surface area contributed by atoms with E-state index in [0.717, 1.165) is 41.9 Å². The van der Waals surface area contributed by atoms with Crippen molar-refractivity contribution in [3.8, 4) is 5.75 Å². The quantitative estimate of drug-likeness (QED) is 0.734. The van der Waals surface area contributed by atoms with Crippen LogP contribution in [0, 0.1) is 6.92 Å². The second-order valence-electron chi connectivity index (χ2n) is 6.53. The van der Waals surface area contributed by atoms with Gasteiger partial charge in [-0.2, -0.15) is 0 Å². The Labute approximate surface area is 146 Å². The van der Waals surface area contributed by atoms with Crippen molar-refractivity contribution < 1.29 is 9.53 Å². The monoisotopic (exact) mass is 335 g/mol. The topological polar surface area (TPSA) is 46.8 Å². The number of methoxy groups -OCH3 is 1. The molecular weight excluding hydrogens is 314 g/mol. The largest absolute Gasteiger partial charge is 0.497 e. The Morgan fingerprint density at radius 3 is 3.00 bits per heavy atom. The summed E-state index contributed by atoms with van der Waals surface area (Å²) in [6.45, 7) is 2.78. The summed E-state index contributed by atoms with van der Waals surface area (Å²) in [6.07, 6.45) is 5.72. The van der Waals surface area contributed by atoms with Crippen LogP contribution in [-0.4, -0.2) is 33.8 Å². The van der Waals surface area contributed by atoms with Crippen LogP contribution in [0.5, 0.6) is 5.75 Å². The average molecular weight is 335 g/mol. The third-order valence-electron chi connectivity index (χ3n) is 4.83. The van der Waals surface area contributed by atoms with Gasteiger partial charge in [-0.15, -0.1) is 0 Å². The Morgan fingerprint density at radius 1 is 1.28 bits per heavy atom. The van der Waals surface area contributed by atoms with Crippen LogP contribution in [0.15, 0.2) is 48.8 Å². The van der Waals surface area contributed by atoms with Crippen molar-refractivity contribution in [3.05, 3.63) is 65.6 Å². The van der Waals surface area contributed by atoms with Crippen LogP contribution in [0.4, 0.5) is 0 Å². The van der Waals surface area contributed by atoms with E-state index in [0.29, 0.717) is 5.69 Å². The van der Waals surface area contributed by atoms with Gasteiger partial charge in [0.25, 0.3) is 5.91 Å². The molecule has 4 rings (SSSR count). The lowest BCUT2D eigenvalue weighted by atomic mass is 10.0. The van der Waals surface area contributed by atoms with Crippen LogP contribution in [0.1, 0.15) is 40.5 Å². The number of likely N-dealkylation sites (tertiary alicyclic amines) is 1. The van der Waals surface area contributed by atoms with E-state index in [4.69, 9.17) is 4.74 Å². The molecule has 1 saturated heterocycles. The molecule has 1 aromatic carbocycles. The average Bonchev–Trinajstić information content (AvgIpc) is 3.27. The number of aromatic nitrogens is 2. The maximum Gasteiger partial charge on any atom is 0.274 e. The first kappa shape index (κ1) is 15.7. The van der Waals surface area contributed by atoms with E-state index in [9.17, 15) is 4.79 Å². The number of rotatable bonds is 3. The Balaban J connectivity index is 1.65. The van der Waals surface area contributed by atoms with Crippen molar-refractivity contribution in [3.63, 3.8) is 0 Å². The molecule has 0 spiro atoms. The van der Waals surface area contributed by atoms with Crippen molar-refractivity contribution >= 4 is 11.6 Å². The maximum absolute atomic E-state index is 13.1. The zero-order valence-corrected chi connectivity index (χ0v) is 14.5. The summed E-state index contributed by atoms with van der Waals surface area (Å²) < 4.78 is 7.23. The van der Waals surface area contributed by atoms with Crippen LogP contribution in [0.25, 0.3) is 5.65 Å². The Kier molecular flexibility index (Phi) is 3.92. The van der Waals surface area contributed by atoms with Gasteiger partial charge >= 0.3 is 0 Å². The minimum atomic E-state index is -0.00771. The highest BCUT2D eigenvalue weighted by atomic mass is 16.5. The molecule has 1 aliphatic rings. The Bertz CT molecular complexity index is 932. The SMILES string of the molecule is COc1cccc(C2CCCN2C(=O)c2cn3ccc(C)cc3n2)c1. The number of carbonyl (C=O) groups excluding carboxylic acids is 1. The van der Waals surface area contributed by atoms with Gasteiger partial charge in [-0.1, -0.05) is 12.1 Å². The highest BCUT2D eigenvalue weighted by Gasteiger charge is 2.32. The van der Waals surface area contributed by atoms with Gasteiger partial charge < -0.3 is 14.0 Å². The number of nitrogens with zero attached hydrogens (tertiary/aromatic N) is 3. The number of imidazole rings is 1. The van der Waals surface area contributed by atoms with E-state index in [2.05, 4.69) is 11.1 Å². The minimum absolute atomic E-state index is 0.00771. The smallest absolute Gasteiger partial charge is 0.274 e. The fourth-order valence-corrected chi connectivity index (χ4v) is 3.54. The number of hydrogen-bond acceptors (Lipinski definition) is 3. The Morgan fingerprint density at radius 2 is 2.16 bits per heavy atom. The lowest BCUT2D eigenvalue weighted by molar-refractivity contribution is 0.0730. The summed E-state index contributed by atoms with van der Waals surface area (Å²) in [7, 11) is 1.66. The third kappa shape index (κ3) is 2.86. The molecule has 5 nitrogen and oxygen atoms in total. The molecule has 0 bridgehead atoms. The summed E-state index contributed by atoms with van der Waals surface area (Å²) in [5.41, 5.74) is 3.55. The number of aryl methyl sites for hydroxylation is 1. The molecule has 0 saturated carbocycles. The molecule has 25 heavy (non-hydrogen) atoms. The molecule has 0 N–H and O–H groups in total. The minimum Gasteiger partial charge on any atom is -0.497 e. The van der Waals surface area contributed by atoms with Gasteiger partial charge in [-0.05, 0) is 55.2 Å². The molecule has 1 amide bonds. The molecule has 1 atom stereocenters. The summed E-state index contributed by atoms with van der Waals surface area (Å²) in [5, 5.41) is 0.